The highest BCUT2D eigenvalue weighted by molar-refractivity contribution is 7.92. The number of fused-ring (bicyclic) bond motifs is 1. The monoisotopic (exact) mass is 416 g/mol. The van der Waals surface area contributed by atoms with Crippen LogP contribution in [0.5, 0.6) is 0 Å². The van der Waals surface area contributed by atoms with E-state index < -0.39 is 21.7 Å². The fourth-order valence-corrected chi connectivity index (χ4v) is 4.04. The second-order valence-electron chi connectivity index (χ2n) is 7.97. The Balaban J connectivity index is 1.88. The molecule has 0 spiro atoms. The van der Waals surface area contributed by atoms with E-state index in [1.165, 1.54) is 6.07 Å². The summed E-state index contributed by atoms with van der Waals surface area (Å²) in [4.78, 5) is 26.0. The van der Waals surface area contributed by atoms with Gasteiger partial charge in [0.15, 0.2) is 0 Å². The minimum atomic E-state index is -3.74. The number of carbonyl (C=O) groups is 2. The number of amides is 2. The van der Waals surface area contributed by atoms with E-state index in [1.54, 1.807) is 57.2 Å². The van der Waals surface area contributed by atoms with Crippen LogP contribution in [-0.2, 0) is 26.0 Å². The van der Waals surface area contributed by atoms with E-state index >= 15 is 0 Å². The van der Waals surface area contributed by atoms with Gasteiger partial charge in [-0.15, -0.1) is 0 Å². The number of ether oxygens (including phenoxy) is 1. The molecule has 1 aliphatic rings. The van der Waals surface area contributed by atoms with Crippen molar-refractivity contribution < 1.29 is 22.7 Å². The van der Waals surface area contributed by atoms with Gasteiger partial charge in [-0.05, 0) is 70.0 Å². The fourth-order valence-electron chi connectivity index (χ4n) is 2.99. The Morgan fingerprint density at radius 3 is 2.34 bits per heavy atom. The zero-order valence-electron chi connectivity index (χ0n) is 16.9. The smallest absolute Gasteiger partial charge is 0.421 e. The molecule has 0 aromatic heterocycles. The van der Waals surface area contributed by atoms with Crippen LogP contribution in [0, 0.1) is 6.92 Å². The molecule has 2 aromatic rings. The molecular formula is C21H24N2O5S. The molecule has 1 N–H and O–H groups in total. The minimum absolute atomic E-state index is 0.139. The number of nitrogens with one attached hydrogen (secondary N) is 1. The van der Waals surface area contributed by atoms with Gasteiger partial charge in [0.2, 0.25) is 5.91 Å². The summed E-state index contributed by atoms with van der Waals surface area (Å²) in [6, 6.07) is 11.3. The molecular weight excluding hydrogens is 392 g/mol. The van der Waals surface area contributed by atoms with Crippen LogP contribution < -0.4 is 9.62 Å². The van der Waals surface area contributed by atoms with Gasteiger partial charge in [-0.1, -0.05) is 17.7 Å². The largest absolute Gasteiger partial charge is 0.443 e. The van der Waals surface area contributed by atoms with Gasteiger partial charge in [0, 0.05) is 12.1 Å². The van der Waals surface area contributed by atoms with Crippen molar-refractivity contribution in [3.8, 4) is 0 Å². The summed E-state index contributed by atoms with van der Waals surface area (Å²) < 4.78 is 33.1. The molecule has 0 bridgehead atoms. The molecule has 29 heavy (non-hydrogen) atoms. The lowest BCUT2D eigenvalue weighted by Crippen LogP contribution is -2.43. The Morgan fingerprint density at radius 2 is 1.72 bits per heavy atom. The van der Waals surface area contributed by atoms with E-state index in [0.717, 1.165) is 10.5 Å². The third-order valence-electron chi connectivity index (χ3n) is 4.34. The summed E-state index contributed by atoms with van der Waals surface area (Å²) >= 11 is 0. The van der Waals surface area contributed by atoms with Crippen molar-refractivity contribution in [2.75, 3.05) is 9.62 Å². The average molecular weight is 416 g/mol. The van der Waals surface area contributed by atoms with Crippen LogP contribution in [0.15, 0.2) is 47.4 Å². The van der Waals surface area contributed by atoms with Gasteiger partial charge in [0.25, 0.3) is 10.0 Å². The van der Waals surface area contributed by atoms with Crippen molar-refractivity contribution in [3.63, 3.8) is 0 Å². The Hall–Kier alpha value is -2.87. The maximum absolute atomic E-state index is 12.6. The number of rotatable bonds is 3. The number of imide groups is 1. The summed E-state index contributed by atoms with van der Waals surface area (Å²) in [7, 11) is -3.74. The second kappa shape index (κ2) is 7.51. The second-order valence-corrected chi connectivity index (χ2v) is 9.65. The zero-order valence-corrected chi connectivity index (χ0v) is 17.7. The van der Waals surface area contributed by atoms with Crippen molar-refractivity contribution in [3.05, 3.63) is 53.6 Å². The first kappa shape index (κ1) is 20.9. The first-order valence-electron chi connectivity index (χ1n) is 9.25. The lowest BCUT2D eigenvalue weighted by atomic mass is 10.0. The Bertz CT molecular complexity index is 1050. The summed E-state index contributed by atoms with van der Waals surface area (Å²) in [5.74, 6) is -0.347. The molecule has 154 valence electrons. The molecule has 0 unspecified atom stereocenters. The maximum atomic E-state index is 12.6. The predicted molar refractivity (Wildman–Crippen MR) is 110 cm³/mol. The Labute approximate surface area is 170 Å². The highest BCUT2D eigenvalue weighted by atomic mass is 32.2. The van der Waals surface area contributed by atoms with E-state index in [4.69, 9.17) is 4.74 Å². The molecule has 2 aromatic carbocycles. The zero-order chi connectivity index (χ0) is 21.4. The normalized spacial score (nSPS) is 14.3. The van der Waals surface area contributed by atoms with Gasteiger partial charge in [0.1, 0.15) is 5.60 Å². The van der Waals surface area contributed by atoms with Crippen molar-refractivity contribution >= 4 is 33.4 Å². The topological polar surface area (TPSA) is 92.8 Å². The highest BCUT2D eigenvalue weighted by Gasteiger charge is 2.33. The first-order chi connectivity index (χ1) is 13.5. The van der Waals surface area contributed by atoms with Crippen LogP contribution in [0.25, 0.3) is 0 Å². The van der Waals surface area contributed by atoms with Gasteiger partial charge in [-0.2, -0.15) is 0 Å². The average Bonchev–Trinajstić information content (AvgIpc) is 2.60. The van der Waals surface area contributed by atoms with Crippen molar-refractivity contribution in [2.45, 2.75) is 51.0 Å². The van der Waals surface area contributed by atoms with Gasteiger partial charge in [-0.3, -0.25) is 9.52 Å². The van der Waals surface area contributed by atoms with Crippen LogP contribution in [0.4, 0.5) is 16.2 Å². The number of nitrogens with zero attached hydrogens (tertiary/aromatic N) is 1. The molecule has 7 nitrogen and oxygen atoms in total. The number of sulfonamides is 1. The van der Waals surface area contributed by atoms with Gasteiger partial charge in [0.05, 0.1) is 10.6 Å². The molecule has 1 heterocycles. The van der Waals surface area contributed by atoms with Crippen LogP contribution in [0.1, 0.15) is 38.3 Å². The predicted octanol–water partition coefficient (Wildman–Crippen LogP) is 4.01. The number of hydrogen-bond donors (Lipinski definition) is 1. The van der Waals surface area contributed by atoms with E-state index in [-0.39, 0.29) is 17.2 Å². The summed E-state index contributed by atoms with van der Waals surface area (Å²) in [6.45, 7) is 7.06. The maximum Gasteiger partial charge on any atom is 0.421 e. The molecule has 8 heteroatoms. The van der Waals surface area contributed by atoms with Crippen LogP contribution in [0.2, 0.25) is 0 Å². The number of benzene rings is 2. The molecule has 0 atom stereocenters. The number of carbonyl (C=O) groups excluding carboxylic acids is 2. The van der Waals surface area contributed by atoms with Crippen LogP contribution >= 0.6 is 0 Å². The van der Waals surface area contributed by atoms with Gasteiger partial charge in [-0.25, -0.2) is 18.1 Å². The van der Waals surface area contributed by atoms with Crippen molar-refractivity contribution in [2.24, 2.45) is 0 Å². The van der Waals surface area contributed by atoms with Crippen LogP contribution in [0.3, 0.4) is 0 Å². The van der Waals surface area contributed by atoms with E-state index in [0.29, 0.717) is 23.4 Å². The first-order valence-corrected chi connectivity index (χ1v) is 10.7. The third-order valence-corrected chi connectivity index (χ3v) is 5.73. The fraction of sp³-hybridized carbons (Fsp3) is 0.333. The van der Waals surface area contributed by atoms with Crippen molar-refractivity contribution in [1.82, 2.24) is 0 Å². The molecule has 0 radical (unpaired) electrons. The number of anilines is 2. The quantitative estimate of drug-likeness (QED) is 0.816. The molecule has 2 amide bonds. The molecule has 0 saturated heterocycles. The lowest BCUT2D eigenvalue weighted by molar-refractivity contribution is -0.118. The summed E-state index contributed by atoms with van der Waals surface area (Å²) in [5.41, 5.74) is 1.69. The molecule has 0 aliphatic carbocycles. The van der Waals surface area contributed by atoms with Gasteiger partial charge >= 0.3 is 6.09 Å². The number of hydrogen-bond acceptors (Lipinski definition) is 5. The highest BCUT2D eigenvalue weighted by Crippen LogP contribution is 2.32. The van der Waals surface area contributed by atoms with E-state index in [2.05, 4.69) is 4.72 Å². The molecule has 0 fully saturated rings. The van der Waals surface area contributed by atoms with E-state index in [1.807, 2.05) is 6.92 Å². The van der Waals surface area contributed by atoms with Crippen molar-refractivity contribution in [1.29, 1.82) is 0 Å². The molecule has 3 rings (SSSR count). The van der Waals surface area contributed by atoms with E-state index in [9.17, 15) is 18.0 Å². The van der Waals surface area contributed by atoms with Gasteiger partial charge < -0.3 is 4.74 Å². The third kappa shape index (κ3) is 4.76. The Morgan fingerprint density at radius 1 is 1.07 bits per heavy atom. The number of aryl methyl sites for hydroxylation is 2. The molecule has 0 saturated carbocycles. The van der Waals surface area contributed by atoms with Crippen LogP contribution in [-0.4, -0.2) is 26.0 Å². The summed E-state index contributed by atoms with van der Waals surface area (Å²) in [5, 5.41) is 0. The minimum Gasteiger partial charge on any atom is -0.443 e. The Kier molecular flexibility index (Phi) is 5.40. The standard InChI is InChI=1S/C21H24N2O5S/c1-14-5-9-17(10-6-14)29(26,27)22-16-8-11-18-15(13-16)7-12-19(24)23(18)20(25)28-21(2,3)4/h5-6,8-11,13,22H,7,12H2,1-4H3. The SMILES string of the molecule is Cc1ccc(S(=O)(=O)Nc2ccc3c(c2)CCC(=O)N3C(=O)OC(C)(C)C)cc1. The summed E-state index contributed by atoms with van der Waals surface area (Å²) in [6.07, 6.45) is -0.190. The molecule has 1 aliphatic heterocycles. The lowest BCUT2D eigenvalue weighted by Gasteiger charge is -2.30.